The first-order valence-electron chi connectivity index (χ1n) is 9.11. The minimum atomic E-state index is -3.33. The van der Waals surface area contributed by atoms with Crippen LogP contribution in [0.1, 0.15) is 5.56 Å². The average Bonchev–Trinajstić information content (AvgIpc) is 3.16. The normalized spacial score (nSPS) is 11.4. The maximum absolute atomic E-state index is 11.5. The molecule has 2 N–H and O–H groups in total. The lowest BCUT2D eigenvalue weighted by Gasteiger charge is -2.07. The summed E-state index contributed by atoms with van der Waals surface area (Å²) >= 11 is 1.56. The summed E-state index contributed by atoms with van der Waals surface area (Å²) in [6.45, 7) is 0.622. The second-order valence-electron chi connectivity index (χ2n) is 6.70. The van der Waals surface area contributed by atoms with Crippen molar-refractivity contribution in [2.24, 2.45) is 0 Å². The van der Waals surface area contributed by atoms with Gasteiger partial charge in [0, 0.05) is 17.1 Å². The van der Waals surface area contributed by atoms with Gasteiger partial charge in [-0.2, -0.15) is 0 Å². The van der Waals surface area contributed by atoms with Gasteiger partial charge < -0.3 is 10.1 Å². The molecule has 0 saturated carbocycles. The van der Waals surface area contributed by atoms with Crippen LogP contribution >= 0.6 is 11.3 Å². The van der Waals surface area contributed by atoms with E-state index >= 15 is 0 Å². The number of hydrogen-bond donors (Lipinski definition) is 2. The summed E-state index contributed by atoms with van der Waals surface area (Å²) in [5.41, 5.74) is 3.38. The van der Waals surface area contributed by atoms with Crippen molar-refractivity contribution in [3.05, 3.63) is 66.5 Å². The summed E-state index contributed by atoms with van der Waals surface area (Å²) in [4.78, 5) is 9.76. The molecule has 4 aromatic rings. The maximum Gasteiger partial charge on any atom is 0.229 e. The van der Waals surface area contributed by atoms with Crippen molar-refractivity contribution in [3.63, 3.8) is 0 Å². The molecule has 0 radical (unpaired) electrons. The van der Waals surface area contributed by atoms with Crippen LogP contribution in [0.25, 0.3) is 20.7 Å². The Bertz CT molecular complexity index is 1290. The van der Waals surface area contributed by atoms with Gasteiger partial charge in [0.2, 0.25) is 10.0 Å². The number of methoxy groups -OCH3 is 1. The molecule has 2 heterocycles. The fraction of sp³-hybridized carbons (Fsp3) is 0.143. The molecule has 4 rings (SSSR count). The van der Waals surface area contributed by atoms with E-state index in [0.717, 1.165) is 44.0 Å². The number of aromatic nitrogens is 2. The highest BCUT2D eigenvalue weighted by Crippen LogP contribution is 2.36. The Morgan fingerprint density at radius 3 is 2.60 bits per heavy atom. The Labute approximate surface area is 178 Å². The third kappa shape index (κ3) is 4.69. The molecular formula is C21H20N4O3S2. The maximum atomic E-state index is 11.5. The number of benzene rings is 2. The molecule has 9 heteroatoms. The predicted molar refractivity (Wildman–Crippen MR) is 122 cm³/mol. The van der Waals surface area contributed by atoms with E-state index in [1.807, 2.05) is 48.5 Å². The van der Waals surface area contributed by atoms with Crippen LogP contribution < -0.4 is 14.8 Å². The molecule has 0 spiro atoms. The van der Waals surface area contributed by atoms with Crippen molar-refractivity contribution < 1.29 is 13.2 Å². The lowest BCUT2D eigenvalue weighted by molar-refractivity contribution is 0.414. The van der Waals surface area contributed by atoms with Gasteiger partial charge in [-0.3, -0.25) is 4.72 Å². The van der Waals surface area contributed by atoms with Crippen LogP contribution in [0, 0.1) is 0 Å². The minimum Gasteiger partial charge on any atom is -0.497 e. The van der Waals surface area contributed by atoms with E-state index in [2.05, 4.69) is 20.0 Å². The van der Waals surface area contributed by atoms with E-state index in [1.165, 1.54) is 6.33 Å². The van der Waals surface area contributed by atoms with E-state index in [-0.39, 0.29) is 0 Å². The van der Waals surface area contributed by atoms with E-state index in [4.69, 9.17) is 4.74 Å². The molecule has 0 fully saturated rings. The fourth-order valence-corrected chi connectivity index (χ4v) is 4.63. The summed E-state index contributed by atoms with van der Waals surface area (Å²) in [5, 5.41) is 3.38. The quantitative estimate of drug-likeness (QED) is 0.444. The van der Waals surface area contributed by atoms with Crippen LogP contribution in [0.15, 0.2) is 60.9 Å². The largest absolute Gasteiger partial charge is 0.497 e. The van der Waals surface area contributed by atoms with Crippen LogP contribution in [0.5, 0.6) is 5.75 Å². The van der Waals surface area contributed by atoms with Crippen molar-refractivity contribution in [2.45, 2.75) is 6.54 Å². The van der Waals surface area contributed by atoms with Crippen LogP contribution in [-0.2, 0) is 16.6 Å². The van der Waals surface area contributed by atoms with Crippen molar-refractivity contribution in [2.75, 3.05) is 23.4 Å². The van der Waals surface area contributed by atoms with Crippen molar-refractivity contribution in [3.8, 4) is 16.2 Å². The molecule has 0 amide bonds. The molecule has 30 heavy (non-hydrogen) atoms. The molecule has 2 aromatic heterocycles. The second kappa shape index (κ2) is 8.29. The van der Waals surface area contributed by atoms with Gasteiger partial charge in [0.25, 0.3) is 0 Å². The van der Waals surface area contributed by atoms with Crippen LogP contribution in [0.4, 0.5) is 11.5 Å². The third-order valence-electron chi connectivity index (χ3n) is 4.38. The van der Waals surface area contributed by atoms with Gasteiger partial charge in [0.1, 0.15) is 17.9 Å². The van der Waals surface area contributed by atoms with E-state index < -0.39 is 10.0 Å². The highest BCUT2D eigenvalue weighted by atomic mass is 32.2. The minimum absolute atomic E-state index is 0.524. The molecule has 0 saturated heterocycles. The number of nitrogens with one attached hydrogen (secondary N) is 2. The van der Waals surface area contributed by atoms with Crippen LogP contribution in [0.3, 0.4) is 0 Å². The molecule has 2 aromatic carbocycles. The molecular weight excluding hydrogens is 420 g/mol. The monoisotopic (exact) mass is 440 g/mol. The lowest BCUT2D eigenvalue weighted by Crippen LogP contribution is -2.09. The summed E-state index contributed by atoms with van der Waals surface area (Å²) in [6, 6.07) is 17.1. The number of hydrogen-bond acceptors (Lipinski definition) is 7. The Kier molecular flexibility index (Phi) is 5.56. The average molecular weight is 441 g/mol. The first kappa shape index (κ1) is 20.1. The summed E-state index contributed by atoms with van der Waals surface area (Å²) in [5.74, 6) is 1.58. The van der Waals surface area contributed by atoms with Gasteiger partial charge in [-0.25, -0.2) is 18.4 Å². The van der Waals surface area contributed by atoms with Gasteiger partial charge >= 0.3 is 0 Å². The number of fused-ring (bicyclic) bond motifs is 1. The van der Waals surface area contributed by atoms with E-state index in [9.17, 15) is 8.42 Å². The fourth-order valence-electron chi connectivity index (χ4n) is 3.00. The molecule has 0 aliphatic heterocycles. The summed E-state index contributed by atoms with van der Waals surface area (Å²) in [6.07, 6.45) is 2.67. The van der Waals surface area contributed by atoms with Gasteiger partial charge in [-0.15, -0.1) is 11.3 Å². The Morgan fingerprint density at radius 2 is 1.87 bits per heavy atom. The smallest absolute Gasteiger partial charge is 0.229 e. The highest BCUT2D eigenvalue weighted by Gasteiger charge is 2.11. The van der Waals surface area contributed by atoms with Crippen molar-refractivity contribution in [1.29, 1.82) is 0 Å². The van der Waals surface area contributed by atoms with Gasteiger partial charge in [-0.05, 0) is 41.5 Å². The zero-order chi connectivity index (χ0) is 21.1. The number of sulfonamides is 1. The number of thiophene rings is 1. The number of rotatable bonds is 7. The molecule has 0 unspecified atom stereocenters. The van der Waals surface area contributed by atoms with E-state index in [0.29, 0.717) is 12.2 Å². The first-order chi connectivity index (χ1) is 14.4. The zero-order valence-electron chi connectivity index (χ0n) is 16.4. The van der Waals surface area contributed by atoms with Crippen LogP contribution in [0.2, 0.25) is 0 Å². The molecule has 7 nitrogen and oxygen atoms in total. The number of nitrogens with zero attached hydrogens (tertiary/aromatic N) is 2. The predicted octanol–water partition coefficient (Wildman–Crippen LogP) is 4.35. The molecule has 0 bridgehead atoms. The Hall–Kier alpha value is -3.17. The van der Waals surface area contributed by atoms with Gasteiger partial charge in [0.05, 0.1) is 23.6 Å². The number of ether oxygens (including phenoxy) is 1. The lowest BCUT2D eigenvalue weighted by atomic mass is 10.1. The topological polar surface area (TPSA) is 93.2 Å². The highest BCUT2D eigenvalue weighted by molar-refractivity contribution is 7.92. The SMILES string of the molecule is COc1ccc(CNc2ncnc3cc(-c4cccc(NS(C)(=O)=O)c4)sc23)cc1. The van der Waals surface area contributed by atoms with Crippen molar-refractivity contribution >= 4 is 43.1 Å². The van der Waals surface area contributed by atoms with Crippen molar-refractivity contribution in [1.82, 2.24) is 9.97 Å². The second-order valence-corrected chi connectivity index (χ2v) is 9.50. The zero-order valence-corrected chi connectivity index (χ0v) is 18.0. The first-order valence-corrected chi connectivity index (χ1v) is 11.8. The van der Waals surface area contributed by atoms with Crippen LogP contribution in [-0.4, -0.2) is 31.8 Å². The molecule has 0 aliphatic carbocycles. The molecule has 154 valence electrons. The van der Waals surface area contributed by atoms with Gasteiger partial charge in [0.15, 0.2) is 0 Å². The standard InChI is InChI=1S/C21H20N4O3S2/c1-28-17-8-6-14(7-9-17)12-22-21-20-18(23-13-24-21)11-19(29-20)15-4-3-5-16(10-15)25-30(2,26)27/h3-11,13,25H,12H2,1-2H3,(H,22,23,24). The number of anilines is 2. The summed E-state index contributed by atoms with van der Waals surface area (Å²) in [7, 11) is -1.69. The Balaban J connectivity index is 1.59. The third-order valence-corrected chi connectivity index (χ3v) is 6.17. The van der Waals surface area contributed by atoms with Gasteiger partial charge in [-0.1, -0.05) is 24.3 Å². The van der Waals surface area contributed by atoms with E-state index in [1.54, 1.807) is 24.5 Å². The Morgan fingerprint density at radius 1 is 1.07 bits per heavy atom. The molecule has 0 atom stereocenters. The molecule has 0 aliphatic rings. The summed E-state index contributed by atoms with van der Waals surface area (Å²) < 4.78 is 31.7.